The Morgan fingerprint density at radius 2 is 0.967 bits per heavy atom. The van der Waals surface area contributed by atoms with Gasteiger partial charge in [0.15, 0.2) is 5.78 Å². The van der Waals surface area contributed by atoms with Crippen LogP contribution in [0.3, 0.4) is 0 Å². The van der Waals surface area contributed by atoms with E-state index in [9.17, 15) is 4.79 Å². The second kappa shape index (κ2) is 9.57. The molecule has 0 aromatic heterocycles. The first-order valence-electron chi connectivity index (χ1n) is 9.94. The van der Waals surface area contributed by atoms with Crippen molar-refractivity contribution in [3.05, 3.63) is 139 Å². The summed E-state index contributed by atoms with van der Waals surface area (Å²) >= 11 is 0. The molecule has 0 amide bonds. The lowest BCUT2D eigenvalue weighted by Gasteiger charge is -2.19. The van der Waals surface area contributed by atoms with Crippen molar-refractivity contribution in [3.8, 4) is 0 Å². The van der Waals surface area contributed by atoms with Crippen molar-refractivity contribution < 1.29 is 9.45 Å². The van der Waals surface area contributed by atoms with Gasteiger partial charge in [0.1, 0.15) is 5.76 Å². The van der Waals surface area contributed by atoms with Crippen LogP contribution in [0.1, 0.15) is 15.9 Å². The number of hydrogen-bond donors (Lipinski definition) is 0. The van der Waals surface area contributed by atoms with Gasteiger partial charge in [-0.3, -0.25) is 4.79 Å². The summed E-state index contributed by atoms with van der Waals surface area (Å²) in [5.41, 5.74) is 3.54. The van der Waals surface area contributed by atoms with Crippen LogP contribution in [0.2, 0.25) is 0 Å². The third kappa shape index (κ3) is 4.76. The zero-order valence-electron chi connectivity index (χ0n) is 16.5. The summed E-state index contributed by atoms with van der Waals surface area (Å²) < 4.78 is 6.54. The standard InChI is InChI=1S/C27H21BO2/c29-26(22-13-5-1-6-14-22)21-27(23-15-7-2-8-16-23)30-28(24-17-9-3-10-18-24)25-19-11-4-12-20-25/h1-21H/b27-21-. The third-order valence-corrected chi connectivity index (χ3v) is 4.83. The molecule has 0 radical (unpaired) electrons. The van der Waals surface area contributed by atoms with Gasteiger partial charge in [-0.05, 0) is 10.9 Å². The van der Waals surface area contributed by atoms with E-state index >= 15 is 0 Å². The van der Waals surface area contributed by atoms with Crippen molar-refractivity contribution in [2.24, 2.45) is 0 Å². The molecule has 0 bridgehead atoms. The zero-order valence-corrected chi connectivity index (χ0v) is 16.5. The van der Waals surface area contributed by atoms with E-state index in [1.54, 1.807) is 6.08 Å². The van der Waals surface area contributed by atoms with E-state index in [4.69, 9.17) is 4.65 Å². The van der Waals surface area contributed by atoms with E-state index in [1.165, 1.54) is 0 Å². The average Bonchev–Trinajstić information content (AvgIpc) is 2.84. The number of rotatable bonds is 7. The number of benzene rings is 4. The third-order valence-electron chi connectivity index (χ3n) is 4.83. The van der Waals surface area contributed by atoms with Crippen molar-refractivity contribution in [1.82, 2.24) is 0 Å². The normalized spacial score (nSPS) is 11.0. The van der Waals surface area contributed by atoms with Crippen LogP contribution in [0.15, 0.2) is 127 Å². The summed E-state index contributed by atoms with van der Waals surface area (Å²) in [6.07, 6.45) is 1.59. The van der Waals surface area contributed by atoms with Crippen molar-refractivity contribution in [3.63, 3.8) is 0 Å². The van der Waals surface area contributed by atoms with Gasteiger partial charge in [0.25, 0.3) is 0 Å². The molecule has 0 aliphatic carbocycles. The minimum absolute atomic E-state index is 0.0886. The molecule has 4 aromatic carbocycles. The SMILES string of the molecule is O=C(/C=C(\OB(c1ccccc1)c1ccccc1)c1ccccc1)c1ccccc1. The Bertz CT molecular complexity index is 1070. The van der Waals surface area contributed by atoms with Crippen molar-refractivity contribution in [2.45, 2.75) is 0 Å². The van der Waals surface area contributed by atoms with Gasteiger partial charge < -0.3 is 4.65 Å². The largest absolute Gasteiger partial charge is 0.551 e. The maximum atomic E-state index is 12.9. The topological polar surface area (TPSA) is 26.3 Å². The summed E-state index contributed by atoms with van der Waals surface area (Å²) in [5.74, 6) is 0.455. The predicted molar refractivity (Wildman–Crippen MR) is 124 cm³/mol. The van der Waals surface area contributed by atoms with Crippen LogP contribution in [0.4, 0.5) is 0 Å². The van der Waals surface area contributed by atoms with E-state index in [0.29, 0.717) is 11.3 Å². The molecule has 0 unspecified atom stereocenters. The fourth-order valence-electron chi connectivity index (χ4n) is 3.30. The first-order chi connectivity index (χ1) is 14.8. The molecule has 0 saturated carbocycles. The Balaban J connectivity index is 1.76. The summed E-state index contributed by atoms with van der Waals surface area (Å²) in [5, 5.41) is 0. The van der Waals surface area contributed by atoms with E-state index < -0.39 is 0 Å². The minimum atomic E-state index is -0.331. The minimum Gasteiger partial charge on any atom is -0.551 e. The molecule has 0 aliphatic rings. The van der Waals surface area contributed by atoms with Gasteiger partial charge in [-0.2, -0.15) is 0 Å². The molecule has 0 fully saturated rings. The van der Waals surface area contributed by atoms with Crippen LogP contribution < -0.4 is 10.9 Å². The number of carbonyl (C=O) groups is 1. The van der Waals surface area contributed by atoms with Gasteiger partial charge >= 0.3 is 6.92 Å². The molecule has 144 valence electrons. The monoisotopic (exact) mass is 388 g/mol. The molecule has 0 spiro atoms. The van der Waals surface area contributed by atoms with Gasteiger partial charge in [0.05, 0.1) is 0 Å². The molecule has 0 aliphatic heterocycles. The first-order valence-corrected chi connectivity index (χ1v) is 9.94. The van der Waals surface area contributed by atoms with E-state index in [1.807, 2.05) is 121 Å². The van der Waals surface area contributed by atoms with Gasteiger partial charge in [-0.15, -0.1) is 0 Å². The molecule has 0 saturated heterocycles. The molecule has 4 rings (SSSR count). The molecular formula is C27H21BO2. The molecule has 3 heteroatoms. The molecule has 0 N–H and O–H groups in total. The average molecular weight is 388 g/mol. The van der Waals surface area contributed by atoms with E-state index in [2.05, 4.69) is 0 Å². The Labute approximate surface area is 177 Å². The molecule has 2 nitrogen and oxygen atoms in total. The summed E-state index contributed by atoms with van der Waals surface area (Å²) in [6.45, 7) is -0.331. The molecule has 0 heterocycles. The predicted octanol–water partition coefficient (Wildman–Crippen LogP) is 4.73. The van der Waals surface area contributed by atoms with Crippen LogP contribution in [0.25, 0.3) is 5.76 Å². The van der Waals surface area contributed by atoms with Crippen LogP contribution in [0, 0.1) is 0 Å². The van der Waals surface area contributed by atoms with Crippen LogP contribution in [-0.2, 0) is 4.65 Å². The van der Waals surface area contributed by atoms with Gasteiger partial charge in [-0.1, -0.05) is 121 Å². The number of hydrogen-bond acceptors (Lipinski definition) is 2. The lowest BCUT2D eigenvalue weighted by Crippen LogP contribution is -2.44. The van der Waals surface area contributed by atoms with Gasteiger partial charge in [0.2, 0.25) is 0 Å². The Hall–Kier alpha value is -3.85. The number of allylic oxidation sites excluding steroid dienone is 1. The van der Waals surface area contributed by atoms with E-state index in [-0.39, 0.29) is 12.7 Å². The lowest BCUT2D eigenvalue weighted by atomic mass is 9.55. The molecule has 0 atom stereocenters. The fourth-order valence-corrected chi connectivity index (χ4v) is 3.30. The Kier molecular flexibility index (Phi) is 6.21. The second-order valence-corrected chi connectivity index (χ2v) is 6.92. The number of ketones is 1. The smallest absolute Gasteiger partial charge is 0.426 e. The highest BCUT2D eigenvalue weighted by atomic mass is 16.4. The summed E-state index contributed by atoms with van der Waals surface area (Å²) in [6, 6.07) is 39.1. The van der Waals surface area contributed by atoms with Crippen LogP contribution >= 0.6 is 0 Å². The highest BCUT2D eigenvalue weighted by Gasteiger charge is 2.25. The van der Waals surface area contributed by atoms with Crippen molar-refractivity contribution >= 4 is 29.4 Å². The van der Waals surface area contributed by atoms with E-state index in [0.717, 1.165) is 16.5 Å². The van der Waals surface area contributed by atoms with Crippen LogP contribution in [0.5, 0.6) is 0 Å². The van der Waals surface area contributed by atoms with Gasteiger partial charge in [0, 0.05) is 17.2 Å². The van der Waals surface area contributed by atoms with Gasteiger partial charge in [-0.25, -0.2) is 0 Å². The maximum absolute atomic E-state index is 12.9. The second-order valence-electron chi connectivity index (χ2n) is 6.92. The van der Waals surface area contributed by atoms with Crippen LogP contribution in [-0.4, -0.2) is 12.7 Å². The quantitative estimate of drug-likeness (QED) is 0.198. The highest BCUT2D eigenvalue weighted by Crippen LogP contribution is 2.18. The Morgan fingerprint density at radius 3 is 1.43 bits per heavy atom. The zero-order chi connectivity index (χ0) is 20.6. The molecule has 4 aromatic rings. The summed E-state index contributed by atoms with van der Waals surface area (Å²) in [4.78, 5) is 12.9. The van der Waals surface area contributed by atoms with Crippen molar-refractivity contribution in [1.29, 1.82) is 0 Å². The first kappa shape index (κ1) is 19.5. The lowest BCUT2D eigenvalue weighted by molar-refractivity contribution is 0.104. The molecular weight excluding hydrogens is 367 g/mol. The molecule has 30 heavy (non-hydrogen) atoms. The van der Waals surface area contributed by atoms with Crippen molar-refractivity contribution in [2.75, 3.05) is 0 Å². The Morgan fingerprint density at radius 1 is 0.567 bits per heavy atom. The maximum Gasteiger partial charge on any atom is 0.426 e. The number of carbonyl (C=O) groups excluding carboxylic acids is 1. The summed E-state index contributed by atoms with van der Waals surface area (Å²) in [7, 11) is 0. The highest BCUT2D eigenvalue weighted by molar-refractivity contribution is 6.80. The fraction of sp³-hybridized carbons (Fsp3) is 0.